The van der Waals surface area contributed by atoms with Gasteiger partial charge in [-0.1, -0.05) is 43.1 Å². The van der Waals surface area contributed by atoms with Crippen LogP contribution >= 0.6 is 11.6 Å². The molecule has 36 heavy (non-hydrogen) atoms. The third-order valence-corrected chi connectivity index (χ3v) is 6.66. The molecule has 0 aliphatic rings. The Morgan fingerprint density at radius 1 is 1.03 bits per heavy atom. The minimum Gasteiger partial charge on any atom is -0.507 e. The third-order valence-electron chi connectivity index (χ3n) is 6.35. The van der Waals surface area contributed by atoms with Gasteiger partial charge in [0.05, 0.1) is 10.7 Å². The highest BCUT2D eigenvalue weighted by molar-refractivity contribution is 6.32. The van der Waals surface area contributed by atoms with Crippen molar-refractivity contribution in [1.82, 2.24) is 9.13 Å². The number of halogens is 2. The molecule has 1 aromatic heterocycles. The van der Waals surface area contributed by atoms with Gasteiger partial charge in [0.1, 0.15) is 18.3 Å². The number of aliphatic hydroxyl groups is 1. The lowest BCUT2D eigenvalue weighted by atomic mass is 9.95. The Morgan fingerprint density at radius 2 is 1.69 bits per heavy atom. The number of unbranched alkanes of at least 4 members (excludes halogenated alkanes) is 1. The molecule has 2 N–H and O–H groups in total. The number of nitrogens with zero attached hydrogens (tertiary/aromatic N) is 3. The van der Waals surface area contributed by atoms with E-state index in [1.165, 1.54) is 21.3 Å². The van der Waals surface area contributed by atoms with E-state index in [0.29, 0.717) is 28.9 Å². The minimum absolute atomic E-state index is 0.0870. The largest absolute Gasteiger partial charge is 0.507 e. The van der Waals surface area contributed by atoms with Crippen LogP contribution in [-0.2, 0) is 7.05 Å². The van der Waals surface area contributed by atoms with Crippen molar-refractivity contribution in [2.24, 2.45) is 7.05 Å². The summed E-state index contributed by atoms with van der Waals surface area (Å²) in [6.07, 6.45) is 5.16. The van der Waals surface area contributed by atoms with Gasteiger partial charge >= 0.3 is 5.69 Å². The molecule has 0 fully saturated rings. The molecule has 4 aromatic rings. The molecule has 0 aliphatic heterocycles. The summed E-state index contributed by atoms with van der Waals surface area (Å²) < 4.78 is 17.7. The molecule has 0 bridgehead atoms. The summed E-state index contributed by atoms with van der Waals surface area (Å²) in [6.45, 7) is 4.58. The zero-order chi connectivity index (χ0) is 26.0. The monoisotopic (exact) mass is 509 g/mol. The smallest absolute Gasteiger partial charge is 0.332 e. The Labute approximate surface area is 214 Å². The molecule has 0 saturated carbocycles. The average molecular weight is 510 g/mol. The summed E-state index contributed by atoms with van der Waals surface area (Å²) in [5, 5.41) is 21.4. The van der Waals surface area contributed by atoms with Crippen LogP contribution < -0.4 is 10.6 Å². The molecule has 0 unspecified atom stereocenters. The van der Waals surface area contributed by atoms with Crippen molar-refractivity contribution < 1.29 is 14.6 Å². The quantitative estimate of drug-likeness (QED) is 0.291. The van der Waals surface area contributed by atoms with Gasteiger partial charge in [-0.3, -0.25) is 4.57 Å². The zero-order valence-electron chi connectivity index (χ0n) is 20.5. The fraction of sp³-hybridized carbons (Fsp3) is 0.250. The maximum absolute atomic E-state index is 14.8. The van der Waals surface area contributed by atoms with Gasteiger partial charge < -0.3 is 19.7 Å². The van der Waals surface area contributed by atoms with Crippen LogP contribution in [0.3, 0.4) is 0 Å². The van der Waals surface area contributed by atoms with Crippen LogP contribution in [0.4, 0.5) is 10.1 Å². The molecule has 0 radical (unpaired) electrons. The Morgan fingerprint density at radius 3 is 2.28 bits per heavy atom. The van der Waals surface area contributed by atoms with E-state index < -0.39 is 5.82 Å². The second-order valence-electron chi connectivity index (χ2n) is 8.84. The second kappa shape index (κ2) is 10.6. The Hall–Kier alpha value is -3.55. The van der Waals surface area contributed by atoms with Gasteiger partial charge in [-0.15, -0.1) is 0 Å². The van der Waals surface area contributed by atoms with E-state index in [1.54, 1.807) is 37.6 Å². The van der Waals surface area contributed by atoms with Crippen molar-refractivity contribution >= 4 is 17.3 Å². The first-order valence-electron chi connectivity index (χ1n) is 11.8. The van der Waals surface area contributed by atoms with Crippen molar-refractivity contribution in [3.63, 3.8) is 0 Å². The molecular weight excluding hydrogens is 481 g/mol. The van der Waals surface area contributed by atoms with Gasteiger partial charge in [0, 0.05) is 42.8 Å². The summed E-state index contributed by atoms with van der Waals surface area (Å²) in [7, 11) is 1.65. The van der Waals surface area contributed by atoms with E-state index >= 15 is 0 Å². The van der Waals surface area contributed by atoms with E-state index in [2.05, 4.69) is 6.92 Å². The Bertz CT molecular complexity index is 1460. The van der Waals surface area contributed by atoms with Gasteiger partial charge in [0.15, 0.2) is 0 Å². The number of imidazole rings is 1. The second-order valence-corrected chi connectivity index (χ2v) is 9.24. The average Bonchev–Trinajstić information content (AvgIpc) is 3.19. The first-order valence-corrected chi connectivity index (χ1v) is 12.2. The van der Waals surface area contributed by atoms with Gasteiger partial charge in [-0.2, -0.15) is 0 Å². The first kappa shape index (κ1) is 25.5. The molecule has 4 rings (SSSR count). The molecule has 0 atom stereocenters. The molecule has 0 spiro atoms. The number of phenols is 1. The standard InChI is InChI=1S/C28H29ClFN3O3/c1-4-5-10-32(17-34)26-14-20(7-6-18(26)2)23-16-21(30)15-22(27(23)35)19-8-9-25(24(29)13-19)33-12-11-31(3)28(33)36/h6-9,11-16,34-35H,4-5,10,17H2,1-3H3. The van der Waals surface area contributed by atoms with Crippen molar-refractivity contribution in [2.45, 2.75) is 26.7 Å². The Kier molecular flexibility index (Phi) is 7.52. The summed E-state index contributed by atoms with van der Waals surface area (Å²) in [4.78, 5) is 14.2. The maximum atomic E-state index is 14.8. The van der Waals surface area contributed by atoms with Crippen LogP contribution in [0, 0.1) is 12.7 Å². The van der Waals surface area contributed by atoms with Crippen molar-refractivity contribution in [3.05, 3.63) is 87.8 Å². The normalized spacial score (nSPS) is 11.2. The molecular formula is C28H29ClFN3O3. The van der Waals surface area contributed by atoms with E-state index in [-0.39, 0.29) is 28.8 Å². The predicted octanol–water partition coefficient (Wildman–Crippen LogP) is 5.87. The number of phenolic OH excluding ortho intramolecular Hbond substituents is 1. The van der Waals surface area contributed by atoms with E-state index in [4.69, 9.17) is 11.6 Å². The number of aromatic hydroxyl groups is 1. The molecule has 1 heterocycles. The molecule has 8 heteroatoms. The maximum Gasteiger partial charge on any atom is 0.332 e. The van der Waals surface area contributed by atoms with Gasteiger partial charge in [0.2, 0.25) is 0 Å². The predicted molar refractivity (Wildman–Crippen MR) is 143 cm³/mol. The fourth-order valence-electron chi connectivity index (χ4n) is 4.29. The lowest BCUT2D eigenvalue weighted by Gasteiger charge is -2.25. The number of aliphatic hydroxyl groups excluding tert-OH is 1. The van der Waals surface area contributed by atoms with Crippen molar-refractivity contribution in [1.29, 1.82) is 0 Å². The molecule has 0 saturated heterocycles. The number of benzene rings is 3. The zero-order valence-corrected chi connectivity index (χ0v) is 21.3. The number of hydrogen-bond donors (Lipinski definition) is 2. The van der Waals surface area contributed by atoms with E-state index in [9.17, 15) is 19.4 Å². The topological polar surface area (TPSA) is 70.6 Å². The highest BCUT2D eigenvalue weighted by Crippen LogP contribution is 2.41. The lowest BCUT2D eigenvalue weighted by Crippen LogP contribution is -2.26. The van der Waals surface area contributed by atoms with Crippen LogP contribution in [-0.4, -0.2) is 32.6 Å². The molecule has 0 aliphatic carbocycles. The first-order chi connectivity index (χ1) is 17.2. The van der Waals surface area contributed by atoms with Gasteiger partial charge in [-0.05, 0) is 60.4 Å². The van der Waals surface area contributed by atoms with Crippen molar-refractivity contribution in [2.75, 3.05) is 18.2 Å². The number of rotatable bonds is 8. The lowest BCUT2D eigenvalue weighted by molar-refractivity contribution is 0.290. The van der Waals surface area contributed by atoms with Crippen LogP contribution in [0.2, 0.25) is 5.02 Å². The number of aryl methyl sites for hydroxylation is 2. The molecule has 6 nitrogen and oxygen atoms in total. The molecule has 3 aromatic carbocycles. The van der Waals surface area contributed by atoms with Crippen LogP contribution in [0.15, 0.2) is 65.7 Å². The van der Waals surface area contributed by atoms with Gasteiger partial charge in [0.25, 0.3) is 0 Å². The molecule has 188 valence electrons. The van der Waals surface area contributed by atoms with Crippen LogP contribution in [0.1, 0.15) is 25.3 Å². The summed E-state index contributed by atoms with van der Waals surface area (Å²) in [6, 6.07) is 13.1. The summed E-state index contributed by atoms with van der Waals surface area (Å²) in [5.41, 5.74) is 3.80. The molecule has 0 amide bonds. The minimum atomic E-state index is -0.510. The number of anilines is 1. The highest BCUT2D eigenvalue weighted by atomic mass is 35.5. The number of hydrogen-bond acceptors (Lipinski definition) is 4. The van der Waals surface area contributed by atoms with Crippen LogP contribution in [0.25, 0.3) is 27.9 Å². The Balaban J connectivity index is 1.78. The highest BCUT2D eigenvalue weighted by Gasteiger charge is 2.18. The summed E-state index contributed by atoms with van der Waals surface area (Å²) in [5.74, 6) is -0.597. The van der Waals surface area contributed by atoms with Crippen LogP contribution in [0.5, 0.6) is 5.75 Å². The third kappa shape index (κ3) is 4.90. The SMILES string of the molecule is CCCCN(CO)c1cc(-c2cc(F)cc(-c3ccc(-n4ccn(C)c4=O)c(Cl)c3)c2O)ccc1C. The van der Waals surface area contributed by atoms with Crippen molar-refractivity contribution in [3.8, 4) is 33.7 Å². The van der Waals surface area contributed by atoms with E-state index in [1.807, 2.05) is 30.0 Å². The fourth-order valence-corrected chi connectivity index (χ4v) is 4.56. The van der Waals surface area contributed by atoms with E-state index in [0.717, 1.165) is 24.1 Å². The summed E-state index contributed by atoms with van der Waals surface area (Å²) >= 11 is 6.50. The number of aromatic nitrogens is 2. The van der Waals surface area contributed by atoms with Gasteiger partial charge in [-0.25, -0.2) is 9.18 Å².